The van der Waals surface area contributed by atoms with E-state index in [9.17, 15) is 4.79 Å². The molecule has 0 saturated heterocycles. The molecule has 0 bridgehead atoms. The minimum absolute atomic E-state index is 0.0431. The SMILES string of the molecule is CCN(Cc1ccccc1OC)C(=O)[C@H](C)N. The molecule has 0 aliphatic heterocycles. The first kappa shape index (κ1) is 13.5. The van der Waals surface area contributed by atoms with E-state index in [4.69, 9.17) is 10.5 Å². The molecule has 0 spiro atoms. The largest absolute Gasteiger partial charge is 0.496 e. The lowest BCUT2D eigenvalue weighted by molar-refractivity contribution is -0.132. The fourth-order valence-electron chi connectivity index (χ4n) is 1.67. The number of hydrogen-bond acceptors (Lipinski definition) is 3. The van der Waals surface area contributed by atoms with Crippen LogP contribution in [-0.2, 0) is 11.3 Å². The fraction of sp³-hybridized carbons (Fsp3) is 0.462. The monoisotopic (exact) mass is 236 g/mol. The van der Waals surface area contributed by atoms with E-state index in [2.05, 4.69) is 0 Å². The highest BCUT2D eigenvalue weighted by atomic mass is 16.5. The summed E-state index contributed by atoms with van der Waals surface area (Å²) in [5, 5.41) is 0. The molecular weight excluding hydrogens is 216 g/mol. The number of benzene rings is 1. The third kappa shape index (κ3) is 3.46. The number of nitrogens with zero attached hydrogens (tertiary/aromatic N) is 1. The normalized spacial score (nSPS) is 12.0. The average molecular weight is 236 g/mol. The first-order valence-electron chi connectivity index (χ1n) is 5.76. The van der Waals surface area contributed by atoms with Crippen LogP contribution in [-0.4, -0.2) is 30.5 Å². The zero-order chi connectivity index (χ0) is 12.8. The van der Waals surface area contributed by atoms with E-state index >= 15 is 0 Å². The Labute approximate surface area is 102 Å². The molecule has 94 valence electrons. The van der Waals surface area contributed by atoms with Crippen LogP contribution in [0.1, 0.15) is 19.4 Å². The van der Waals surface area contributed by atoms with Gasteiger partial charge in [-0.3, -0.25) is 4.79 Å². The summed E-state index contributed by atoms with van der Waals surface area (Å²) in [6.07, 6.45) is 0. The summed E-state index contributed by atoms with van der Waals surface area (Å²) < 4.78 is 5.26. The van der Waals surface area contributed by atoms with Gasteiger partial charge < -0.3 is 15.4 Å². The summed E-state index contributed by atoms with van der Waals surface area (Å²) in [4.78, 5) is 13.6. The molecule has 0 saturated carbocycles. The van der Waals surface area contributed by atoms with Gasteiger partial charge in [0.05, 0.1) is 13.2 Å². The maximum Gasteiger partial charge on any atom is 0.239 e. The van der Waals surface area contributed by atoms with E-state index in [0.29, 0.717) is 13.1 Å². The van der Waals surface area contributed by atoms with E-state index in [1.807, 2.05) is 31.2 Å². The van der Waals surface area contributed by atoms with Crippen molar-refractivity contribution >= 4 is 5.91 Å². The number of likely N-dealkylation sites (N-methyl/N-ethyl adjacent to an activating group) is 1. The molecule has 0 aliphatic carbocycles. The standard InChI is InChI=1S/C13H20N2O2/c1-4-15(13(16)10(2)14)9-11-7-5-6-8-12(11)17-3/h5-8,10H,4,9,14H2,1-3H3/t10-/m0/s1. The molecule has 17 heavy (non-hydrogen) atoms. The van der Waals surface area contributed by atoms with Crippen molar-refractivity contribution in [1.29, 1.82) is 0 Å². The number of carbonyl (C=O) groups excluding carboxylic acids is 1. The van der Waals surface area contributed by atoms with Crippen LogP contribution in [0.4, 0.5) is 0 Å². The van der Waals surface area contributed by atoms with Crippen molar-refractivity contribution in [2.45, 2.75) is 26.4 Å². The van der Waals surface area contributed by atoms with Crippen LogP contribution in [0.3, 0.4) is 0 Å². The molecule has 1 rings (SSSR count). The molecule has 0 radical (unpaired) electrons. The number of amides is 1. The lowest BCUT2D eigenvalue weighted by Crippen LogP contribution is -2.41. The molecule has 1 aromatic carbocycles. The minimum Gasteiger partial charge on any atom is -0.496 e. The molecule has 1 aromatic rings. The maximum absolute atomic E-state index is 11.8. The van der Waals surface area contributed by atoms with E-state index < -0.39 is 6.04 Å². The van der Waals surface area contributed by atoms with Crippen molar-refractivity contribution in [3.8, 4) is 5.75 Å². The van der Waals surface area contributed by atoms with Gasteiger partial charge in [0, 0.05) is 18.7 Å². The third-order valence-corrected chi connectivity index (χ3v) is 2.64. The Bertz CT molecular complexity index is 377. The van der Waals surface area contributed by atoms with Crippen molar-refractivity contribution < 1.29 is 9.53 Å². The fourth-order valence-corrected chi connectivity index (χ4v) is 1.67. The molecule has 4 nitrogen and oxygen atoms in total. The van der Waals surface area contributed by atoms with Crippen LogP contribution in [0.25, 0.3) is 0 Å². The lowest BCUT2D eigenvalue weighted by atomic mass is 10.1. The highest BCUT2D eigenvalue weighted by Gasteiger charge is 2.17. The molecule has 0 fully saturated rings. The van der Waals surface area contributed by atoms with Crippen molar-refractivity contribution in [1.82, 2.24) is 4.90 Å². The van der Waals surface area contributed by atoms with Gasteiger partial charge in [0.15, 0.2) is 0 Å². The van der Waals surface area contributed by atoms with Gasteiger partial charge in [-0.25, -0.2) is 0 Å². The summed E-state index contributed by atoms with van der Waals surface area (Å²) >= 11 is 0. The van der Waals surface area contributed by atoms with Crippen LogP contribution in [0.15, 0.2) is 24.3 Å². The summed E-state index contributed by atoms with van der Waals surface area (Å²) in [6.45, 7) is 4.81. The second-order valence-electron chi connectivity index (χ2n) is 3.95. The van der Waals surface area contributed by atoms with Gasteiger partial charge in [0.1, 0.15) is 5.75 Å². The van der Waals surface area contributed by atoms with Crippen LogP contribution in [0.2, 0.25) is 0 Å². The summed E-state index contributed by atoms with van der Waals surface area (Å²) in [7, 11) is 1.63. The summed E-state index contributed by atoms with van der Waals surface area (Å²) in [5.41, 5.74) is 6.61. The zero-order valence-electron chi connectivity index (χ0n) is 10.6. The highest BCUT2D eigenvalue weighted by Crippen LogP contribution is 2.19. The van der Waals surface area contributed by atoms with Gasteiger partial charge in [-0.15, -0.1) is 0 Å². The molecule has 2 N–H and O–H groups in total. The molecule has 1 amide bonds. The first-order valence-corrected chi connectivity index (χ1v) is 5.76. The van der Waals surface area contributed by atoms with E-state index in [1.54, 1.807) is 18.9 Å². The van der Waals surface area contributed by atoms with Crippen molar-refractivity contribution in [2.75, 3.05) is 13.7 Å². The van der Waals surface area contributed by atoms with Gasteiger partial charge in [-0.05, 0) is 19.9 Å². The van der Waals surface area contributed by atoms with Crippen LogP contribution in [0.5, 0.6) is 5.75 Å². The maximum atomic E-state index is 11.8. The number of methoxy groups -OCH3 is 1. The number of ether oxygens (including phenoxy) is 1. The Morgan fingerprint density at radius 1 is 1.47 bits per heavy atom. The third-order valence-electron chi connectivity index (χ3n) is 2.64. The quantitative estimate of drug-likeness (QED) is 0.840. The van der Waals surface area contributed by atoms with E-state index in [-0.39, 0.29) is 5.91 Å². The van der Waals surface area contributed by atoms with E-state index in [1.165, 1.54) is 0 Å². The number of carbonyl (C=O) groups is 1. The minimum atomic E-state index is -0.468. The Morgan fingerprint density at radius 3 is 2.65 bits per heavy atom. The number of nitrogens with two attached hydrogens (primary N) is 1. The number of rotatable bonds is 5. The molecule has 4 heteroatoms. The predicted octanol–water partition coefficient (Wildman–Crippen LogP) is 1.39. The van der Waals surface area contributed by atoms with Crippen molar-refractivity contribution in [3.63, 3.8) is 0 Å². The second kappa shape index (κ2) is 6.25. The molecule has 0 aromatic heterocycles. The smallest absolute Gasteiger partial charge is 0.239 e. The van der Waals surface area contributed by atoms with Gasteiger partial charge in [-0.2, -0.15) is 0 Å². The lowest BCUT2D eigenvalue weighted by Gasteiger charge is -2.23. The first-order chi connectivity index (χ1) is 8.10. The van der Waals surface area contributed by atoms with Crippen LogP contribution < -0.4 is 10.5 Å². The van der Waals surface area contributed by atoms with Gasteiger partial charge in [-0.1, -0.05) is 18.2 Å². The second-order valence-corrected chi connectivity index (χ2v) is 3.95. The van der Waals surface area contributed by atoms with E-state index in [0.717, 1.165) is 11.3 Å². The van der Waals surface area contributed by atoms with Crippen LogP contribution >= 0.6 is 0 Å². The van der Waals surface area contributed by atoms with Crippen LogP contribution in [0, 0.1) is 0 Å². The predicted molar refractivity (Wildman–Crippen MR) is 67.7 cm³/mol. The number of para-hydroxylation sites is 1. The Kier molecular flexibility index (Phi) is 4.97. The van der Waals surface area contributed by atoms with Gasteiger partial charge >= 0.3 is 0 Å². The molecular formula is C13H20N2O2. The molecule has 0 unspecified atom stereocenters. The Balaban J connectivity index is 2.84. The topological polar surface area (TPSA) is 55.6 Å². The zero-order valence-corrected chi connectivity index (χ0v) is 10.6. The summed E-state index contributed by atoms with van der Waals surface area (Å²) in [6, 6.07) is 7.22. The summed E-state index contributed by atoms with van der Waals surface area (Å²) in [5.74, 6) is 0.752. The molecule has 1 atom stereocenters. The Morgan fingerprint density at radius 2 is 2.12 bits per heavy atom. The highest BCUT2D eigenvalue weighted by molar-refractivity contribution is 5.81. The molecule has 0 heterocycles. The van der Waals surface area contributed by atoms with Gasteiger partial charge in [0.2, 0.25) is 5.91 Å². The van der Waals surface area contributed by atoms with Gasteiger partial charge in [0.25, 0.3) is 0 Å². The molecule has 0 aliphatic rings. The number of hydrogen-bond donors (Lipinski definition) is 1. The van der Waals surface area contributed by atoms with Crippen molar-refractivity contribution in [2.24, 2.45) is 5.73 Å². The Hall–Kier alpha value is -1.55. The average Bonchev–Trinajstić information content (AvgIpc) is 2.35. The van der Waals surface area contributed by atoms with Crippen molar-refractivity contribution in [3.05, 3.63) is 29.8 Å².